The molecule has 0 aliphatic rings. The fourth-order valence-corrected chi connectivity index (χ4v) is 2.09. The summed E-state index contributed by atoms with van der Waals surface area (Å²) in [5.41, 5.74) is 2.28. The monoisotopic (exact) mass is 263 g/mol. The Bertz CT molecular complexity index is 409. The van der Waals surface area contributed by atoms with Crippen molar-refractivity contribution in [1.29, 1.82) is 0 Å². The summed E-state index contributed by atoms with van der Waals surface area (Å²) in [5.74, 6) is 0.871. The number of amides is 1. The van der Waals surface area contributed by atoms with Gasteiger partial charge in [0.25, 0.3) is 5.91 Å². The van der Waals surface area contributed by atoms with E-state index in [1.807, 2.05) is 30.9 Å². The van der Waals surface area contributed by atoms with Gasteiger partial charge in [-0.05, 0) is 38.3 Å². The van der Waals surface area contributed by atoms with Gasteiger partial charge in [0.2, 0.25) is 0 Å². The van der Waals surface area contributed by atoms with Crippen LogP contribution >= 0.6 is 0 Å². The Labute approximate surface area is 116 Å². The summed E-state index contributed by atoms with van der Waals surface area (Å²) in [6, 6.07) is 6.00. The fourth-order valence-electron chi connectivity index (χ4n) is 2.09. The molecule has 0 aliphatic heterocycles. The lowest BCUT2D eigenvalue weighted by Gasteiger charge is -2.21. The van der Waals surface area contributed by atoms with Crippen molar-refractivity contribution < 1.29 is 9.53 Å². The number of hydrogen-bond donors (Lipinski definition) is 0. The lowest BCUT2D eigenvalue weighted by Crippen LogP contribution is -2.36. The number of carbonyl (C=O) groups is 1. The van der Waals surface area contributed by atoms with Crippen molar-refractivity contribution in [1.82, 2.24) is 4.90 Å². The Morgan fingerprint density at radius 1 is 1.16 bits per heavy atom. The third-order valence-corrected chi connectivity index (χ3v) is 3.02. The maximum absolute atomic E-state index is 12.1. The Balaban J connectivity index is 2.56. The molecule has 1 amide bonds. The smallest absolute Gasteiger partial charge is 0.260 e. The second kappa shape index (κ2) is 7.82. The normalized spacial score (nSPS) is 10.3. The molecule has 0 saturated heterocycles. The van der Waals surface area contributed by atoms with Crippen LogP contribution in [0.1, 0.15) is 37.8 Å². The first-order chi connectivity index (χ1) is 9.08. The molecule has 0 unspecified atom stereocenters. The van der Waals surface area contributed by atoms with Crippen LogP contribution < -0.4 is 4.74 Å². The molecular weight excluding hydrogens is 238 g/mol. The van der Waals surface area contributed by atoms with Crippen LogP contribution in [-0.4, -0.2) is 30.5 Å². The zero-order chi connectivity index (χ0) is 14.3. The number of rotatable bonds is 7. The van der Waals surface area contributed by atoms with E-state index in [-0.39, 0.29) is 12.5 Å². The molecule has 0 atom stereocenters. The van der Waals surface area contributed by atoms with Gasteiger partial charge >= 0.3 is 0 Å². The molecule has 1 aromatic rings. The third-order valence-electron chi connectivity index (χ3n) is 3.02. The SMILES string of the molecule is CCCN(CCC)C(=O)COc1ccc(C)cc1C. The van der Waals surface area contributed by atoms with Gasteiger partial charge in [-0.2, -0.15) is 0 Å². The summed E-state index contributed by atoms with van der Waals surface area (Å²) < 4.78 is 5.64. The first-order valence-electron chi connectivity index (χ1n) is 7.06. The van der Waals surface area contributed by atoms with Crippen LogP contribution in [0, 0.1) is 13.8 Å². The maximum Gasteiger partial charge on any atom is 0.260 e. The highest BCUT2D eigenvalue weighted by Crippen LogP contribution is 2.18. The van der Waals surface area contributed by atoms with Gasteiger partial charge < -0.3 is 9.64 Å². The molecular formula is C16H25NO2. The average molecular weight is 263 g/mol. The number of carbonyl (C=O) groups excluding carboxylic acids is 1. The predicted molar refractivity (Wildman–Crippen MR) is 78.6 cm³/mol. The third kappa shape index (κ3) is 4.93. The van der Waals surface area contributed by atoms with E-state index in [0.717, 1.165) is 37.2 Å². The van der Waals surface area contributed by atoms with Crippen LogP contribution in [0.2, 0.25) is 0 Å². The molecule has 19 heavy (non-hydrogen) atoms. The second-order valence-corrected chi connectivity index (χ2v) is 4.94. The first-order valence-corrected chi connectivity index (χ1v) is 7.06. The van der Waals surface area contributed by atoms with Crippen molar-refractivity contribution >= 4 is 5.91 Å². The van der Waals surface area contributed by atoms with Crippen LogP contribution in [-0.2, 0) is 4.79 Å². The van der Waals surface area contributed by atoms with E-state index in [0.29, 0.717) is 0 Å². The van der Waals surface area contributed by atoms with Crippen LogP contribution in [0.5, 0.6) is 5.75 Å². The standard InChI is InChI=1S/C16H25NO2/c1-5-9-17(10-6-2)16(18)12-19-15-8-7-13(3)11-14(15)4/h7-8,11H,5-6,9-10,12H2,1-4H3. The second-order valence-electron chi connectivity index (χ2n) is 4.94. The minimum Gasteiger partial charge on any atom is -0.484 e. The molecule has 0 aromatic heterocycles. The molecule has 0 N–H and O–H groups in total. The van der Waals surface area contributed by atoms with Crippen molar-refractivity contribution in [2.45, 2.75) is 40.5 Å². The topological polar surface area (TPSA) is 29.5 Å². The van der Waals surface area contributed by atoms with Crippen LogP contribution in [0.15, 0.2) is 18.2 Å². The molecule has 3 nitrogen and oxygen atoms in total. The number of benzene rings is 1. The fraction of sp³-hybridized carbons (Fsp3) is 0.562. The summed E-state index contributed by atoms with van der Waals surface area (Å²) >= 11 is 0. The highest BCUT2D eigenvalue weighted by atomic mass is 16.5. The molecule has 0 spiro atoms. The summed E-state index contributed by atoms with van der Waals surface area (Å²) in [6.45, 7) is 9.96. The largest absolute Gasteiger partial charge is 0.484 e. The average Bonchev–Trinajstić information content (AvgIpc) is 2.37. The van der Waals surface area contributed by atoms with E-state index in [1.165, 1.54) is 5.56 Å². The quantitative estimate of drug-likeness (QED) is 0.755. The van der Waals surface area contributed by atoms with E-state index in [1.54, 1.807) is 0 Å². The van der Waals surface area contributed by atoms with Gasteiger partial charge in [-0.1, -0.05) is 31.5 Å². The summed E-state index contributed by atoms with van der Waals surface area (Å²) in [5, 5.41) is 0. The van der Waals surface area contributed by atoms with Crippen molar-refractivity contribution in [2.24, 2.45) is 0 Å². The molecule has 0 saturated carbocycles. The first kappa shape index (κ1) is 15.5. The Hall–Kier alpha value is -1.51. The van der Waals surface area contributed by atoms with E-state index in [2.05, 4.69) is 19.9 Å². The Kier molecular flexibility index (Phi) is 6.40. The van der Waals surface area contributed by atoms with E-state index < -0.39 is 0 Å². The van der Waals surface area contributed by atoms with Gasteiger partial charge in [0.1, 0.15) is 5.75 Å². The Morgan fingerprint density at radius 2 is 1.79 bits per heavy atom. The minimum absolute atomic E-state index is 0.0728. The summed E-state index contributed by atoms with van der Waals surface area (Å²) in [4.78, 5) is 14.0. The number of hydrogen-bond acceptors (Lipinski definition) is 2. The molecule has 0 radical (unpaired) electrons. The number of nitrogens with zero attached hydrogens (tertiary/aromatic N) is 1. The van der Waals surface area contributed by atoms with Crippen molar-refractivity contribution in [3.8, 4) is 5.75 Å². The summed E-state index contributed by atoms with van der Waals surface area (Å²) in [6.07, 6.45) is 1.96. The molecule has 1 rings (SSSR count). The zero-order valence-electron chi connectivity index (χ0n) is 12.5. The molecule has 106 valence electrons. The van der Waals surface area contributed by atoms with Gasteiger partial charge in [0, 0.05) is 13.1 Å². The van der Waals surface area contributed by atoms with Gasteiger partial charge in [-0.25, -0.2) is 0 Å². The Morgan fingerprint density at radius 3 is 2.32 bits per heavy atom. The molecule has 3 heteroatoms. The molecule has 0 aliphatic carbocycles. The van der Waals surface area contributed by atoms with Crippen molar-refractivity contribution in [3.05, 3.63) is 29.3 Å². The number of ether oxygens (including phenoxy) is 1. The highest BCUT2D eigenvalue weighted by Gasteiger charge is 2.12. The lowest BCUT2D eigenvalue weighted by atomic mass is 10.1. The van der Waals surface area contributed by atoms with Crippen molar-refractivity contribution in [2.75, 3.05) is 19.7 Å². The molecule has 0 heterocycles. The van der Waals surface area contributed by atoms with Gasteiger partial charge in [-0.15, -0.1) is 0 Å². The van der Waals surface area contributed by atoms with Gasteiger partial charge in [-0.3, -0.25) is 4.79 Å². The van der Waals surface area contributed by atoms with E-state index in [4.69, 9.17) is 4.74 Å². The van der Waals surface area contributed by atoms with Crippen LogP contribution in [0.3, 0.4) is 0 Å². The predicted octanol–water partition coefficient (Wildman–Crippen LogP) is 3.33. The lowest BCUT2D eigenvalue weighted by molar-refractivity contribution is -0.133. The van der Waals surface area contributed by atoms with Crippen LogP contribution in [0.25, 0.3) is 0 Å². The van der Waals surface area contributed by atoms with Crippen molar-refractivity contribution in [3.63, 3.8) is 0 Å². The number of aryl methyl sites for hydroxylation is 2. The zero-order valence-corrected chi connectivity index (χ0v) is 12.5. The molecule has 1 aromatic carbocycles. The van der Waals surface area contributed by atoms with E-state index >= 15 is 0 Å². The highest BCUT2D eigenvalue weighted by molar-refractivity contribution is 5.77. The molecule has 0 fully saturated rings. The maximum atomic E-state index is 12.1. The summed E-state index contributed by atoms with van der Waals surface area (Å²) in [7, 11) is 0. The van der Waals surface area contributed by atoms with Gasteiger partial charge in [0.05, 0.1) is 0 Å². The van der Waals surface area contributed by atoms with Gasteiger partial charge in [0.15, 0.2) is 6.61 Å². The molecule has 0 bridgehead atoms. The van der Waals surface area contributed by atoms with E-state index in [9.17, 15) is 4.79 Å². The minimum atomic E-state index is 0.0728. The van der Waals surface area contributed by atoms with Crippen LogP contribution in [0.4, 0.5) is 0 Å².